The van der Waals surface area contributed by atoms with Crippen molar-refractivity contribution in [1.29, 1.82) is 0 Å². The molecule has 1 aromatic heterocycles. The number of aromatic hydroxyl groups is 1. The second kappa shape index (κ2) is 6.12. The highest BCUT2D eigenvalue weighted by atomic mass is 32.1. The van der Waals surface area contributed by atoms with E-state index in [-0.39, 0.29) is 5.56 Å². The van der Waals surface area contributed by atoms with E-state index >= 15 is 0 Å². The minimum atomic E-state index is -4.52. The van der Waals surface area contributed by atoms with Crippen molar-refractivity contribution in [3.8, 4) is 17.6 Å². The molecule has 22 heavy (non-hydrogen) atoms. The first-order valence-corrected chi connectivity index (χ1v) is 6.73. The van der Waals surface area contributed by atoms with Crippen molar-refractivity contribution < 1.29 is 27.8 Å². The van der Waals surface area contributed by atoms with Gasteiger partial charge in [-0.05, 0) is 30.3 Å². The van der Waals surface area contributed by atoms with Gasteiger partial charge in [0.05, 0.1) is 23.1 Å². The first-order valence-electron chi connectivity index (χ1n) is 5.91. The van der Waals surface area contributed by atoms with Gasteiger partial charge in [0, 0.05) is 0 Å². The lowest BCUT2D eigenvalue weighted by Gasteiger charge is -2.07. The van der Waals surface area contributed by atoms with Gasteiger partial charge in [-0.25, -0.2) is 4.79 Å². The highest BCUT2D eigenvalue weighted by Gasteiger charge is 2.30. The fourth-order valence-corrected chi connectivity index (χ4v) is 2.34. The van der Waals surface area contributed by atoms with Crippen molar-refractivity contribution in [3.63, 3.8) is 0 Å². The van der Waals surface area contributed by atoms with Crippen LogP contribution in [-0.2, 0) is 10.9 Å². The summed E-state index contributed by atoms with van der Waals surface area (Å²) in [6.07, 6.45) is -4.52. The van der Waals surface area contributed by atoms with Gasteiger partial charge in [-0.3, -0.25) is 0 Å². The molecule has 2 rings (SSSR count). The SMILES string of the molecule is COC(=O)c1ccc(C#Cc2ccc(C(F)(F)F)cc2O)s1. The summed E-state index contributed by atoms with van der Waals surface area (Å²) in [6.45, 7) is 0. The molecule has 1 heterocycles. The number of carbonyl (C=O) groups is 1. The van der Waals surface area contributed by atoms with Gasteiger partial charge in [0.25, 0.3) is 0 Å². The van der Waals surface area contributed by atoms with Gasteiger partial charge in [0.15, 0.2) is 0 Å². The molecule has 0 saturated heterocycles. The lowest BCUT2D eigenvalue weighted by Crippen LogP contribution is -2.04. The molecule has 1 N–H and O–H groups in total. The Morgan fingerprint density at radius 1 is 1.23 bits per heavy atom. The molecule has 2 aromatic rings. The number of carbonyl (C=O) groups excluding carboxylic acids is 1. The number of ether oxygens (including phenoxy) is 1. The van der Waals surface area contributed by atoms with E-state index in [0.29, 0.717) is 15.8 Å². The number of methoxy groups -OCH3 is 1. The van der Waals surface area contributed by atoms with Gasteiger partial charge in [0.1, 0.15) is 10.6 Å². The van der Waals surface area contributed by atoms with Crippen LogP contribution in [0.2, 0.25) is 0 Å². The highest BCUT2D eigenvalue weighted by molar-refractivity contribution is 7.14. The Kier molecular flexibility index (Phi) is 4.43. The topological polar surface area (TPSA) is 46.5 Å². The molecular formula is C15H9F3O3S. The monoisotopic (exact) mass is 326 g/mol. The van der Waals surface area contributed by atoms with Gasteiger partial charge in [-0.2, -0.15) is 13.2 Å². The Morgan fingerprint density at radius 3 is 2.55 bits per heavy atom. The van der Waals surface area contributed by atoms with Crippen LogP contribution in [0.15, 0.2) is 30.3 Å². The summed E-state index contributed by atoms with van der Waals surface area (Å²) in [7, 11) is 1.26. The molecule has 0 spiro atoms. The minimum absolute atomic E-state index is 0.0704. The van der Waals surface area contributed by atoms with E-state index in [1.807, 2.05) is 0 Å². The van der Waals surface area contributed by atoms with Crippen molar-refractivity contribution >= 4 is 17.3 Å². The summed E-state index contributed by atoms with van der Waals surface area (Å²) in [5.74, 6) is 4.21. The summed E-state index contributed by atoms with van der Waals surface area (Å²) in [5.41, 5.74) is -0.874. The minimum Gasteiger partial charge on any atom is -0.507 e. The number of hydrogen-bond donors (Lipinski definition) is 1. The van der Waals surface area contributed by atoms with Crippen LogP contribution in [0.5, 0.6) is 5.75 Å². The number of thiophene rings is 1. The largest absolute Gasteiger partial charge is 0.507 e. The van der Waals surface area contributed by atoms with E-state index in [1.54, 1.807) is 6.07 Å². The molecule has 1 aromatic carbocycles. The number of rotatable bonds is 1. The summed E-state index contributed by atoms with van der Waals surface area (Å²) in [5, 5.41) is 9.59. The maximum Gasteiger partial charge on any atom is 0.416 e. The zero-order valence-corrected chi connectivity index (χ0v) is 12.0. The summed E-state index contributed by atoms with van der Waals surface area (Å²) >= 11 is 1.09. The maximum atomic E-state index is 12.5. The Morgan fingerprint density at radius 2 is 1.95 bits per heavy atom. The number of hydrogen-bond acceptors (Lipinski definition) is 4. The second-order valence-electron chi connectivity index (χ2n) is 4.14. The van der Waals surface area contributed by atoms with Crippen LogP contribution in [0.1, 0.15) is 25.7 Å². The van der Waals surface area contributed by atoms with Crippen LogP contribution < -0.4 is 0 Å². The number of alkyl halides is 3. The number of benzene rings is 1. The predicted octanol–water partition coefficient (Wildman–Crippen LogP) is 3.66. The zero-order valence-electron chi connectivity index (χ0n) is 11.2. The maximum absolute atomic E-state index is 12.5. The van der Waals surface area contributed by atoms with Crippen LogP contribution in [0.3, 0.4) is 0 Å². The quantitative estimate of drug-likeness (QED) is 0.643. The van der Waals surface area contributed by atoms with Crippen LogP contribution in [0.25, 0.3) is 0 Å². The third-order valence-electron chi connectivity index (χ3n) is 2.64. The number of esters is 1. The van der Waals surface area contributed by atoms with Gasteiger partial charge < -0.3 is 9.84 Å². The molecule has 0 fully saturated rings. The van der Waals surface area contributed by atoms with E-state index in [1.165, 1.54) is 13.2 Å². The molecule has 0 saturated carbocycles. The average Bonchev–Trinajstić information content (AvgIpc) is 2.93. The van der Waals surface area contributed by atoms with Crippen molar-refractivity contribution in [1.82, 2.24) is 0 Å². The molecule has 0 aliphatic heterocycles. The summed E-state index contributed by atoms with van der Waals surface area (Å²) < 4.78 is 42.0. The molecule has 0 radical (unpaired) electrons. The molecule has 0 aliphatic carbocycles. The Hall–Kier alpha value is -2.46. The van der Waals surface area contributed by atoms with E-state index in [2.05, 4.69) is 16.6 Å². The van der Waals surface area contributed by atoms with E-state index in [4.69, 9.17) is 0 Å². The summed E-state index contributed by atoms with van der Waals surface area (Å²) in [4.78, 5) is 12.2. The molecule has 0 atom stereocenters. The zero-order chi connectivity index (χ0) is 16.3. The smallest absolute Gasteiger partial charge is 0.416 e. The van der Waals surface area contributed by atoms with Crippen molar-refractivity contribution in [2.45, 2.75) is 6.18 Å². The average molecular weight is 326 g/mol. The van der Waals surface area contributed by atoms with Gasteiger partial charge >= 0.3 is 12.1 Å². The molecule has 0 bridgehead atoms. The van der Waals surface area contributed by atoms with Crippen molar-refractivity contribution in [2.24, 2.45) is 0 Å². The number of halogens is 3. The van der Waals surface area contributed by atoms with Crippen LogP contribution in [0.4, 0.5) is 13.2 Å². The molecular weight excluding hydrogens is 317 g/mol. The van der Waals surface area contributed by atoms with Gasteiger partial charge in [-0.1, -0.05) is 11.8 Å². The second-order valence-corrected chi connectivity index (χ2v) is 5.22. The number of phenolic OH excluding ortho intramolecular Hbond substituents is 1. The van der Waals surface area contributed by atoms with E-state index in [0.717, 1.165) is 23.5 Å². The molecule has 0 unspecified atom stereocenters. The lowest BCUT2D eigenvalue weighted by molar-refractivity contribution is -0.137. The van der Waals surface area contributed by atoms with Crippen LogP contribution in [-0.4, -0.2) is 18.2 Å². The molecule has 0 aliphatic rings. The van der Waals surface area contributed by atoms with Crippen LogP contribution >= 0.6 is 11.3 Å². The Labute approximate surface area is 128 Å². The van der Waals surface area contributed by atoms with E-state index < -0.39 is 23.5 Å². The van der Waals surface area contributed by atoms with Crippen molar-refractivity contribution in [3.05, 3.63) is 51.2 Å². The molecule has 114 valence electrons. The number of phenols is 1. The van der Waals surface area contributed by atoms with Gasteiger partial charge in [-0.15, -0.1) is 11.3 Å². The third-order valence-corrected chi connectivity index (χ3v) is 3.62. The first kappa shape index (κ1) is 15.9. The fraction of sp³-hybridized carbons (Fsp3) is 0.133. The summed E-state index contributed by atoms with van der Waals surface area (Å²) in [6, 6.07) is 5.69. The molecule has 0 amide bonds. The van der Waals surface area contributed by atoms with Crippen LogP contribution in [0, 0.1) is 11.8 Å². The first-order chi connectivity index (χ1) is 10.3. The molecule has 7 heteroatoms. The highest BCUT2D eigenvalue weighted by Crippen LogP contribution is 2.32. The van der Waals surface area contributed by atoms with E-state index in [9.17, 15) is 23.1 Å². The van der Waals surface area contributed by atoms with Gasteiger partial charge in [0.2, 0.25) is 0 Å². The predicted molar refractivity (Wildman–Crippen MR) is 74.7 cm³/mol. The standard InChI is InChI=1S/C15H9F3O3S/c1-21-14(20)13-7-6-11(22-13)5-3-9-2-4-10(8-12(9)19)15(16,17)18/h2,4,6-8,19H,1H3. The third kappa shape index (κ3) is 3.59. The fourth-order valence-electron chi connectivity index (χ4n) is 1.56. The normalized spacial score (nSPS) is 10.7. The molecule has 3 nitrogen and oxygen atoms in total. The Bertz CT molecular complexity index is 766. The Balaban J connectivity index is 2.25. The lowest BCUT2D eigenvalue weighted by atomic mass is 10.1. The van der Waals surface area contributed by atoms with Crippen molar-refractivity contribution in [2.75, 3.05) is 7.11 Å².